The average molecular weight is 326 g/mol. The second-order valence-corrected chi connectivity index (χ2v) is 6.76. The summed E-state index contributed by atoms with van der Waals surface area (Å²) >= 11 is 1.49. The minimum atomic E-state index is -0.769. The van der Waals surface area contributed by atoms with Crippen molar-refractivity contribution in [3.05, 3.63) is 54.9 Å². The molecule has 5 nitrogen and oxygen atoms in total. The number of aromatic nitrogens is 4. The van der Waals surface area contributed by atoms with Crippen LogP contribution >= 0.6 is 11.8 Å². The number of pyridine rings is 1. The Morgan fingerprint density at radius 2 is 1.74 bits per heavy atom. The van der Waals surface area contributed by atoms with Crippen molar-refractivity contribution in [2.75, 3.05) is 5.75 Å². The molecule has 6 heteroatoms. The molecule has 3 rings (SSSR count). The molecule has 0 fully saturated rings. The summed E-state index contributed by atoms with van der Waals surface area (Å²) in [6.07, 6.45) is 3.48. The second-order valence-electron chi connectivity index (χ2n) is 5.81. The van der Waals surface area contributed by atoms with Gasteiger partial charge in [0, 0.05) is 29.4 Å². The van der Waals surface area contributed by atoms with E-state index in [0.29, 0.717) is 5.75 Å². The maximum atomic E-state index is 9.98. The summed E-state index contributed by atoms with van der Waals surface area (Å²) in [6, 6.07) is 13.8. The van der Waals surface area contributed by atoms with E-state index in [9.17, 15) is 5.11 Å². The molecule has 0 radical (unpaired) electrons. The van der Waals surface area contributed by atoms with Crippen LogP contribution in [0.3, 0.4) is 0 Å². The lowest BCUT2D eigenvalue weighted by Crippen LogP contribution is -2.22. The van der Waals surface area contributed by atoms with Gasteiger partial charge in [0.25, 0.3) is 0 Å². The molecule has 0 saturated heterocycles. The summed E-state index contributed by atoms with van der Waals surface area (Å²) in [4.78, 5) is 4.05. The van der Waals surface area contributed by atoms with Crippen molar-refractivity contribution in [1.82, 2.24) is 19.7 Å². The van der Waals surface area contributed by atoms with Crippen LogP contribution in [0.15, 0.2) is 60.0 Å². The van der Waals surface area contributed by atoms with E-state index >= 15 is 0 Å². The summed E-state index contributed by atoms with van der Waals surface area (Å²) in [5.41, 5.74) is 1.17. The third-order valence-corrected chi connectivity index (χ3v) is 4.51. The highest BCUT2D eigenvalue weighted by atomic mass is 32.2. The fourth-order valence-corrected chi connectivity index (χ4v) is 3.00. The minimum absolute atomic E-state index is 0.536. The van der Waals surface area contributed by atoms with Gasteiger partial charge >= 0.3 is 0 Å². The summed E-state index contributed by atoms with van der Waals surface area (Å²) in [5.74, 6) is 1.30. The van der Waals surface area contributed by atoms with Crippen molar-refractivity contribution in [2.45, 2.75) is 24.6 Å². The number of nitrogens with zero attached hydrogens (tertiary/aromatic N) is 4. The van der Waals surface area contributed by atoms with Crippen molar-refractivity contribution in [3.63, 3.8) is 0 Å². The van der Waals surface area contributed by atoms with E-state index in [2.05, 4.69) is 15.2 Å². The largest absolute Gasteiger partial charge is 0.390 e. The number of aliphatic hydroxyl groups is 1. The number of hydrogen-bond donors (Lipinski definition) is 1. The topological polar surface area (TPSA) is 63.8 Å². The highest BCUT2D eigenvalue weighted by Crippen LogP contribution is 2.29. The molecule has 0 unspecified atom stereocenters. The molecular weight excluding hydrogens is 308 g/mol. The normalized spacial score (nSPS) is 11.6. The molecule has 2 heterocycles. The molecule has 23 heavy (non-hydrogen) atoms. The third-order valence-electron chi connectivity index (χ3n) is 3.14. The fourth-order valence-electron chi connectivity index (χ4n) is 2.10. The van der Waals surface area contributed by atoms with Crippen molar-refractivity contribution >= 4 is 11.8 Å². The van der Waals surface area contributed by atoms with Crippen LogP contribution in [-0.2, 0) is 0 Å². The van der Waals surface area contributed by atoms with Gasteiger partial charge in [0.1, 0.15) is 0 Å². The summed E-state index contributed by atoms with van der Waals surface area (Å²) in [6.45, 7) is 3.57. The Morgan fingerprint density at radius 1 is 1.04 bits per heavy atom. The van der Waals surface area contributed by atoms with Gasteiger partial charge in [0.05, 0.1) is 5.60 Å². The monoisotopic (exact) mass is 326 g/mol. The van der Waals surface area contributed by atoms with Crippen LogP contribution in [0.1, 0.15) is 13.8 Å². The van der Waals surface area contributed by atoms with Gasteiger partial charge in [-0.05, 0) is 38.1 Å². The third kappa shape index (κ3) is 3.78. The lowest BCUT2D eigenvalue weighted by molar-refractivity contribution is 0.107. The van der Waals surface area contributed by atoms with Crippen LogP contribution in [0, 0.1) is 0 Å². The van der Waals surface area contributed by atoms with Crippen LogP contribution in [0.5, 0.6) is 0 Å². The van der Waals surface area contributed by atoms with Gasteiger partial charge < -0.3 is 5.11 Å². The van der Waals surface area contributed by atoms with Gasteiger partial charge in [-0.1, -0.05) is 30.0 Å². The summed E-state index contributed by atoms with van der Waals surface area (Å²) in [5, 5.41) is 19.4. The average Bonchev–Trinajstić information content (AvgIpc) is 2.98. The molecule has 0 spiro atoms. The van der Waals surface area contributed by atoms with E-state index < -0.39 is 5.60 Å². The molecule has 1 N–H and O–H groups in total. The Balaban J connectivity index is 2.06. The van der Waals surface area contributed by atoms with Crippen LogP contribution in [0.4, 0.5) is 0 Å². The standard InChI is InChI=1S/C17H18N4OS/c1-17(2,22)12-23-16-20-19-15(13-8-10-18-11-9-13)21(16)14-6-4-3-5-7-14/h3-11,22H,12H2,1-2H3. The minimum Gasteiger partial charge on any atom is -0.390 e. The number of benzene rings is 1. The molecule has 118 valence electrons. The smallest absolute Gasteiger partial charge is 0.196 e. The van der Waals surface area contributed by atoms with E-state index in [-0.39, 0.29) is 0 Å². The van der Waals surface area contributed by atoms with Crippen LogP contribution in [0.2, 0.25) is 0 Å². The second kappa shape index (κ2) is 6.52. The first kappa shape index (κ1) is 15.7. The highest BCUT2D eigenvalue weighted by molar-refractivity contribution is 7.99. The molecule has 2 aromatic heterocycles. The zero-order valence-corrected chi connectivity index (χ0v) is 13.9. The Morgan fingerprint density at radius 3 is 2.39 bits per heavy atom. The number of rotatable bonds is 5. The lowest BCUT2D eigenvalue weighted by atomic mass is 10.2. The number of para-hydroxylation sites is 1. The lowest BCUT2D eigenvalue weighted by Gasteiger charge is -2.16. The summed E-state index contributed by atoms with van der Waals surface area (Å²) in [7, 11) is 0. The molecule has 1 aromatic carbocycles. The Bertz CT molecular complexity index is 766. The maximum absolute atomic E-state index is 9.98. The molecule has 0 amide bonds. The van der Waals surface area contributed by atoms with Gasteiger partial charge in [-0.25, -0.2) is 0 Å². The first-order valence-electron chi connectivity index (χ1n) is 7.31. The molecular formula is C17H18N4OS. The number of thioether (sulfide) groups is 1. The molecule has 0 aliphatic rings. The van der Waals surface area contributed by atoms with E-state index in [1.165, 1.54) is 11.8 Å². The Kier molecular flexibility index (Phi) is 4.45. The first-order valence-corrected chi connectivity index (χ1v) is 8.29. The van der Waals surface area contributed by atoms with Crippen molar-refractivity contribution in [1.29, 1.82) is 0 Å². The number of hydrogen-bond acceptors (Lipinski definition) is 5. The zero-order valence-electron chi connectivity index (χ0n) is 13.0. The van der Waals surface area contributed by atoms with E-state index in [1.807, 2.05) is 47.0 Å². The van der Waals surface area contributed by atoms with Crippen molar-refractivity contribution < 1.29 is 5.11 Å². The van der Waals surface area contributed by atoms with Gasteiger partial charge in [-0.2, -0.15) is 0 Å². The van der Waals surface area contributed by atoms with Crippen LogP contribution < -0.4 is 0 Å². The molecule has 0 aliphatic carbocycles. The van der Waals surface area contributed by atoms with Gasteiger partial charge in [-0.3, -0.25) is 9.55 Å². The van der Waals surface area contributed by atoms with Gasteiger partial charge in [0.2, 0.25) is 0 Å². The maximum Gasteiger partial charge on any atom is 0.196 e. The van der Waals surface area contributed by atoms with E-state index in [4.69, 9.17) is 0 Å². The predicted molar refractivity (Wildman–Crippen MR) is 91.6 cm³/mol. The fraction of sp³-hybridized carbons (Fsp3) is 0.235. The predicted octanol–water partition coefficient (Wildman–Crippen LogP) is 3.19. The summed E-state index contributed by atoms with van der Waals surface area (Å²) < 4.78 is 2.01. The first-order chi connectivity index (χ1) is 11.0. The van der Waals surface area contributed by atoms with E-state index in [1.54, 1.807) is 26.2 Å². The molecule has 0 saturated carbocycles. The zero-order chi connectivity index (χ0) is 16.3. The molecule has 0 atom stereocenters. The SMILES string of the molecule is CC(C)(O)CSc1nnc(-c2ccncc2)n1-c1ccccc1. The van der Waals surface area contributed by atoms with Gasteiger partial charge in [0.15, 0.2) is 11.0 Å². The van der Waals surface area contributed by atoms with Crippen LogP contribution in [0.25, 0.3) is 17.1 Å². The van der Waals surface area contributed by atoms with E-state index in [0.717, 1.165) is 22.2 Å². The molecule has 3 aromatic rings. The Hall–Kier alpha value is -2.18. The van der Waals surface area contributed by atoms with Gasteiger partial charge in [-0.15, -0.1) is 10.2 Å². The molecule has 0 bridgehead atoms. The van der Waals surface area contributed by atoms with Crippen LogP contribution in [-0.4, -0.2) is 36.2 Å². The molecule has 0 aliphatic heterocycles. The van der Waals surface area contributed by atoms with Crippen molar-refractivity contribution in [2.24, 2.45) is 0 Å². The van der Waals surface area contributed by atoms with Crippen molar-refractivity contribution in [3.8, 4) is 17.1 Å². The Labute approximate surface area is 139 Å². The quantitative estimate of drug-likeness (QED) is 0.730. The highest BCUT2D eigenvalue weighted by Gasteiger charge is 2.19.